The minimum atomic E-state index is -0.983. The van der Waals surface area contributed by atoms with Gasteiger partial charge in [0.2, 0.25) is 5.91 Å². The average Bonchev–Trinajstić information content (AvgIpc) is 2.22. The fourth-order valence-corrected chi connectivity index (χ4v) is 1.81. The maximum atomic E-state index is 11.5. The first kappa shape index (κ1) is 16.3. The molecular weight excluding hydrogens is 238 g/mol. The second-order valence-corrected chi connectivity index (χ2v) is 5.75. The summed E-state index contributed by atoms with van der Waals surface area (Å²) in [6, 6.07) is 0. The molecule has 5 heteroatoms. The Morgan fingerprint density at radius 3 is 2.41 bits per heavy atom. The van der Waals surface area contributed by atoms with Crippen LogP contribution < -0.4 is 5.32 Å². The van der Waals surface area contributed by atoms with E-state index in [4.69, 9.17) is 5.11 Å². The van der Waals surface area contributed by atoms with E-state index in [0.29, 0.717) is 6.54 Å². The molecule has 100 valence electrons. The number of aliphatic carboxylic acids is 1. The highest BCUT2D eigenvalue weighted by Crippen LogP contribution is 2.19. The fourth-order valence-electron chi connectivity index (χ4n) is 1.32. The third-order valence-electron chi connectivity index (χ3n) is 2.53. The van der Waals surface area contributed by atoms with Crippen molar-refractivity contribution in [2.24, 2.45) is 5.41 Å². The van der Waals surface area contributed by atoms with E-state index in [0.717, 1.165) is 25.0 Å². The van der Waals surface area contributed by atoms with Crippen molar-refractivity contribution in [2.45, 2.75) is 39.5 Å². The molecule has 1 amide bonds. The molecule has 0 fully saturated rings. The van der Waals surface area contributed by atoms with Gasteiger partial charge in [0.1, 0.15) is 0 Å². The van der Waals surface area contributed by atoms with Crippen LogP contribution in [0.3, 0.4) is 0 Å². The number of thioether (sulfide) groups is 1. The summed E-state index contributed by atoms with van der Waals surface area (Å²) in [5.74, 6) is 0.0369. The number of hydrogen-bond acceptors (Lipinski definition) is 3. The Labute approximate surface area is 108 Å². The molecule has 0 aliphatic carbocycles. The van der Waals surface area contributed by atoms with Gasteiger partial charge in [0.15, 0.2) is 0 Å². The normalized spacial score (nSPS) is 11.2. The standard InChI is InChI=1S/C12H23NO3S/c1-12(2,11(15)16)9-10(14)13-7-5-4-6-8-17-3/h4-9H2,1-3H3,(H,13,14)(H,15,16). The van der Waals surface area contributed by atoms with Crippen LogP contribution in [0.4, 0.5) is 0 Å². The minimum Gasteiger partial charge on any atom is -0.481 e. The van der Waals surface area contributed by atoms with Gasteiger partial charge in [0.05, 0.1) is 5.41 Å². The predicted octanol–water partition coefficient (Wildman–Crippen LogP) is 2.14. The van der Waals surface area contributed by atoms with Crippen molar-refractivity contribution in [3.63, 3.8) is 0 Å². The monoisotopic (exact) mass is 261 g/mol. The average molecular weight is 261 g/mol. The molecule has 0 bridgehead atoms. The summed E-state index contributed by atoms with van der Waals surface area (Å²) >= 11 is 1.82. The lowest BCUT2D eigenvalue weighted by atomic mass is 9.89. The molecule has 0 saturated carbocycles. The van der Waals surface area contributed by atoms with Gasteiger partial charge in [-0.2, -0.15) is 11.8 Å². The van der Waals surface area contributed by atoms with Crippen molar-refractivity contribution in [3.8, 4) is 0 Å². The van der Waals surface area contributed by atoms with Gasteiger partial charge in [-0.3, -0.25) is 9.59 Å². The number of carbonyl (C=O) groups is 2. The van der Waals surface area contributed by atoms with Crippen LogP contribution in [0, 0.1) is 5.41 Å². The van der Waals surface area contributed by atoms with E-state index >= 15 is 0 Å². The topological polar surface area (TPSA) is 66.4 Å². The summed E-state index contributed by atoms with van der Waals surface area (Å²) in [6.07, 6.45) is 5.34. The Balaban J connectivity index is 3.63. The van der Waals surface area contributed by atoms with Gasteiger partial charge in [0, 0.05) is 13.0 Å². The van der Waals surface area contributed by atoms with E-state index in [1.54, 1.807) is 13.8 Å². The number of hydrogen-bond donors (Lipinski definition) is 2. The highest BCUT2D eigenvalue weighted by Gasteiger charge is 2.29. The van der Waals surface area contributed by atoms with Crippen molar-refractivity contribution in [2.75, 3.05) is 18.6 Å². The molecule has 0 spiro atoms. The molecule has 0 radical (unpaired) electrons. The third kappa shape index (κ3) is 8.07. The first-order valence-corrected chi connectivity index (χ1v) is 7.28. The van der Waals surface area contributed by atoms with E-state index in [2.05, 4.69) is 11.6 Å². The van der Waals surface area contributed by atoms with Crippen LogP contribution >= 0.6 is 11.8 Å². The fraction of sp³-hybridized carbons (Fsp3) is 0.833. The van der Waals surface area contributed by atoms with Crippen LogP contribution in [0.5, 0.6) is 0 Å². The smallest absolute Gasteiger partial charge is 0.309 e. The van der Waals surface area contributed by atoms with Crippen molar-refractivity contribution in [1.82, 2.24) is 5.32 Å². The molecule has 0 aliphatic rings. The van der Waals surface area contributed by atoms with Crippen molar-refractivity contribution >= 4 is 23.6 Å². The van der Waals surface area contributed by atoms with Gasteiger partial charge >= 0.3 is 5.97 Å². The number of amides is 1. The maximum absolute atomic E-state index is 11.5. The maximum Gasteiger partial charge on any atom is 0.309 e. The molecule has 0 atom stereocenters. The summed E-state index contributed by atoms with van der Waals surface area (Å²) in [5.41, 5.74) is -0.983. The predicted molar refractivity (Wildman–Crippen MR) is 71.3 cm³/mol. The molecule has 0 aliphatic heterocycles. The van der Waals surface area contributed by atoms with E-state index < -0.39 is 11.4 Å². The molecule has 0 saturated heterocycles. The first-order chi connectivity index (χ1) is 7.90. The van der Waals surface area contributed by atoms with Gasteiger partial charge in [-0.05, 0) is 38.7 Å². The Bertz CT molecular complexity index is 254. The lowest BCUT2D eigenvalue weighted by Gasteiger charge is -2.18. The van der Waals surface area contributed by atoms with E-state index in [9.17, 15) is 9.59 Å². The minimum absolute atomic E-state index is 0.0349. The molecule has 0 unspecified atom stereocenters. The van der Waals surface area contributed by atoms with E-state index in [1.165, 1.54) is 0 Å². The summed E-state index contributed by atoms with van der Waals surface area (Å²) in [7, 11) is 0. The molecule has 4 nitrogen and oxygen atoms in total. The van der Waals surface area contributed by atoms with Crippen molar-refractivity contribution in [1.29, 1.82) is 0 Å². The van der Waals surface area contributed by atoms with Gasteiger partial charge in [-0.15, -0.1) is 0 Å². The highest BCUT2D eigenvalue weighted by molar-refractivity contribution is 7.98. The Kier molecular flexibility index (Phi) is 8.04. The summed E-state index contributed by atoms with van der Waals surface area (Å²) in [5, 5.41) is 11.6. The molecule has 17 heavy (non-hydrogen) atoms. The zero-order valence-corrected chi connectivity index (χ0v) is 11.7. The van der Waals surface area contributed by atoms with Gasteiger partial charge < -0.3 is 10.4 Å². The molecule has 0 aromatic heterocycles. The summed E-state index contributed by atoms with van der Waals surface area (Å²) in [4.78, 5) is 22.3. The summed E-state index contributed by atoms with van der Waals surface area (Å²) in [6.45, 7) is 3.77. The lowest BCUT2D eigenvalue weighted by molar-refractivity contribution is -0.149. The molecule has 0 rings (SSSR count). The second-order valence-electron chi connectivity index (χ2n) is 4.77. The molecule has 2 N–H and O–H groups in total. The zero-order valence-electron chi connectivity index (χ0n) is 10.9. The van der Waals surface area contributed by atoms with Crippen LogP contribution in [-0.2, 0) is 9.59 Å². The highest BCUT2D eigenvalue weighted by atomic mass is 32.2. The number of carbonyl (C=O) groups excluding carboxylic acids is 1. The third-order valence-corrected chi connectivity index (χ3v) is 3.23. The van der Waals surface area contributed by atoms with Gasteiger partial charge in [-0.25, -0.2) is 0 Å². The lowest BCUT2D eigenvalue weighted by Crippen LogP contribution is -2.33. The Morgan fingerprint density at radius 1 is 1.24 bits per heavy atom. The molecular formula is C12H23NO3S. The van der Waals surface area contributed by atoms with Crippen LogP contribution in [0.15, 0.2) is 0 Å². The Morgan fingerprint density at radius 2 is 1.88 bits per heavy atom. The van der Waals surface area contributed by atoms with Crippen LogP contribution in [0.25, 0.3) is 0 Å². The number of unbranched alkanes of at least 4 members (excludes halogenated alkanes) is 2. The van der Waals surface area contributed by atoms with Crippen molar-refractivity contribution < 1.29 is 14.7 Å². The summed E-state index contributed by atoms with van der Waals surface area (Å²) < 4.78 is 0. The van der Waals surface area contributed by atoms with Crippen LogP contribution in [0.1, 0.15) is 39.5 Å². The molecule has 0 heterocycles. The number of carboxylic acid groups (broad SMARTS) is 1. The SMILES string of the molecule is CSCCCCCNC(=O)CC(C)(C)C(=O)O. The Hall–Kier alpha value is -0.710. The van der Waals surface area contributed by atoms with E-state index in [1.807, 2.05) is 11.8 Å². The van der Waals surface area contributed by atoms with Gasteiger partial charge in [-0.1, -0.05) is 6.42 Å². The number of nitrogens with one attached hydrogen (secondary N) is 1. The molecule has 0 aromatic rings. The quantitative estimate of drug-likeness (QED) is 0.624. The first-order valence-electron chi connectivity index (χ1n) is 5.89. The zero-order chi connectivity index (χ0) is 13.3. The van der Waals surface area contributed by atoms with Crippen molar-refractivity contribution in [3.05, 3.63) is 0 Å². The number of rotatable bonds is 9. The van der Waals surface area contributed by atoms with E-state index in [-0.39, 0.29) is 12.3 Å². The number of carboxylic acids is 1. The van der Waals surface area contributed by atoms with Gasteiger partial charge in [0.25, 0.3) is 0 Å². The van der Waals surface area contributed by atoms with Crippen LogP contribution in [-0.4, -0.2) is 35.5 Å². The second kappa shape index (κ2) is 8.39. The molecule has 0 aromatic carbocycles. The van der Waals surface area contributed by atoms with Crippen LogP contribution in [0.2, 0.25) is 0 Å². The largest absolute Gasteiger partial charge is 0.481 e.